The lowest BCUT2D eigenvalue weighted by molar-refractivity contribution is -0.144. The predicted octanol–water partition coefficient (Wildman–Crippen LogP) is 4.78. The van der Waals surface area contributed by atoms with Gasteiger partial charge in [0.25, 0.3) is 0 Å². The Morgan fingerprint density at radius 2 is 1.21 bits per heavy atom. The molecule has 0 unspecified atom stereocenters. The second kappa shape index (κ2) is 7.99. The minimum absolute atomic E-state index is 0.343. The van der Waals surface area contributed by atoms with Gasteiger partial charge in [-0.05, 0) is 36.1 Å². The molecule has 1 aliphatic rings. The van der Waals surface area contributed by atoms with Gasteiger partial charge >= 0.3 is 5.97 Å². The zero-order valence-corrected chi connectivity index (χ0v) is 15.9. The van der Waals surface area contributed by atoms with Crippen LogP contribution in [-0.4, -0.2) is 29.1 Å². The summed E-state index contributed by atoms with van der Waals surface area (Å²) >= 11 is 0. The van der Waals surface area contributed by atoms with E-state index < -0.39 is 11.5 Å². The second-order valence-corrected chi connectivity index (χ2v) is 7.43. The van der Waals surface area contributed by atoms with Gasteiger partial charge in [-0.15, -0.1) is 0 Å². The number of hydrogen-bond donors (Lipinski definition) is 1. The molecule has 28 heavy (non-hydrogen) atoms. The van der Waals surface area contributed by atoms with Crippen molar-refractivity contribution >= 4 is 5.97 Å². The number of nitrogens with zero attached hydrogens (tertiary/aromatic N) is 1. The normalized spacial score (nSPS) is 17.9. The van der Waals surface area contributed by atoms with Gasteiger partial charge in [0.05, 0.1) is 11.5 Å². The summed E-state index contributed by atoms with van der Waals surface area (Å²) in [7, 11) is 0. The highest BCUT2D eigenvalue weighted by Crippen LogP contribution is 2.44. The van der Waals surface area contributed by atoms with Crippen LogP contribution in [0.1, 0.15) is 29.5 Å². The molecule has 0 saturated carbocycles. The molecule has 0 amide bonds. The molecule has 3 aromatic rings. The van der Waals surface area contributed by atoms with Crippen molar-refractivity contribution in [2.75, 3.05) is 13.1 Å². The van der Waals surface area contributed by atoms with Gasteiger partial charge in [0.1, 0.15) is 0 Å². The average Bonchev–Trinajstić information content (AvgIpc) is 2.77. The molecular weight excluding hydrogens is 346 g/mol. The fourth-order valence-electron chi connectivity index (χ4n) is 4.57. The SMILES string of the molecule is O=C(O)[C@@H]1CCCN(C(c2ccccc2)(c2ccccc2)c2ccccc2)C1. The number of piperidine rings is 1. The van der Waals surface area contributed by atoms with E-state index >= 15 is 0 Å². The van der Waals surface area contributed by atoms with Gasteiger partial charge in [-0.3, -0.25) is 9.69 Å². The quantitative estimate of drug-likeness (QED) is 0.657. The number of aliphatic carboxylic acids is 1. The van der Waals surface area contributed by atoms with E-state index in [0.29, 0.717) is 6.54 Å². The van der Waals surface area contributed by atoms with Crippen molar-refractivity contribution in [3.63, 3.8) is 0 Å². The van der Waals surface area contributed by atoms with Gasteiger partial charge in [-0.1, -0.05) is 91.0 Å². The summed E-state index contributed by atoms with van der Waals surface area (Å²) in [6.07, 6.45) is 1.62. The lowest BCUT2D eigenvalue weighted by atomic mass is 9.74. The van der Waals surface area contributed by atoms with E-state index in [1.807, 2.05) is 18.2 Å². The molecule has 1 heterocycles. The number of hydrogen-bond acceptors (Lipinski definition) is 2. The number of benzene rings is 3. The van der Waals surface area contributed by atoms with Gasteiger partial charge < -0.3 is 5.11 Å². The molecule has 1 N–H and O–H groups in total. The van der Waals surface area contributed by atoms with Crippen LogP contribution in [0.15, 0.2) is 91.0 Å². The van der Waals surface area contributed by atoms with E-state index in [9.17, 15) is 9.90 Å². The monoisotopic (exact) mass is 371 g/mol. The summed E-state index contributed by atoms with van der Waals surface area (Å²) in [6.45, 7) is 1.40. The summed E-state index contributed by atoms with van der Waals surface area (Å²) < 4.78 is 0. The van der Waals surface area contributed by atoms with E-state index in [2.05, 4.69) is 77.7 Å². The molecule has 142 valence electrons. The van der Waals surface area contributed by atoms with E-state index in [1.165, 1.54) is 16.7 Å². The first-order valence-electron chi connectivity index (χ1n) is 9.87. The van der Waals surface area contributed by atoms with Crippen LogP contribution in [0, 0.1) is 5.92 Å². The molecular formula is C25H25NO2. The molecule has 1 saturated heterocycles. The van der Waals surface area contributed by atoms with Crippen LogP contribution in [0.5, 0.6) is 0 Å². The van der Waals surface area contributed by atoms with Crippen molar-refractivity contribution in [3.8, 4) is 0 Å². The van der Waals surface area contributed by atoms with Gasteiger partial charge in [0.15, 0.2) is 0 Å². The fourth-order valence-corrected chi connectivity index (χ4v) is 4.57. The van der Waals surface area contributed by atoms with Crippen LogP contribution in [0.4, 0.5) is 0 Å². The zero-order chi connectivity index (χ0) is 19.4. The summed E-state index contributed by atoms with van der Waals surface area (Å²) in [5, 5.41) is 9.71. The van der Waals surface area contributed by atoms with Crippen molar-refractivity contribution in [1.29, 1.82) is 0 Å². The molecule has 0 bridgehead atoms. The van der Waals surface area contributed by atoms with Gasteiger partial charge in [0, 0.05) is 6.54 Å². The molecule has 0 aliphatic carbocycles. The third-order valence-corrected chi connectivity index (χ3v) is 5.82. The number of rotatable bonds is 5. The molecule has 3 nitrogen and oxygen atoms in total. The molecule has 3 aromatic carbocycles. The third-order valence-electron chi connectivity index (χ3n) is 5.82. The van der Waals surface area contributed by atoms with Crippen LogP contribution in [0.3, 0.4) is 0 Å². The molecule has 0 aromatic heterocycles. The van der Waals surface area contributed by atoms with Gasteiger partial charge in [-0.2, -0.15) is 0 Å². The number of likely N-dealkylation sites (tertiary alicyclic amines) is 1. The second-order valence-electron chi connectivity index (χ2n) is 7.43. The Morgan fingerprint density at radius 3 is 1.61 bits per heavy atom. The maximum absolute atomic E-state index is 11.8. The fraction of sp³-hybridized carbons (Fsp3) is 0.240. The predicted molar refractivity (Wildman–Crippen MR) is 111 cm³/mol. The van der Waals surface area contributed by atoms with Crippen molar-refractivity contribution in [2.24, 2.45) is 5.92 Å². The van der Waals surface area contributed by atoms with E-state index in [-0.39, 0.29) is 5.92 Å². The van der Waals surface area contributed by atoms with E-state index in [4.69, 9.17) is 0 Å². The largest absolute Gasteiger partial charge is 0.481 e. The van der Waals surface area contributed by atoms with Crippen LogP contribution < -0.4 is 0 Å². The van der Waals surface area contributed by atoms with Crippen molar-refractivity contribution in [3.05, 3.63) is 108 Å². The molecule has 1 fully saturated rings. The smallest absolute Gasteiger partial charge is 0.307 e. The van der Waals surface area contributed by atoms with Crippen molar-refractivity contribution in [2.45, 2.75) is 18.4 Å². The molecule has 0 radical (unpaired) electrons. The summed E-state index contributed by atoms with van der Waals surface area (Å²) in [6, 6.07) is 31.4. The van der Waals surface area contributed by atoms with Crippen LogP contribution in [0.25, 0.3) is 0 Å². The lowest BCUT2D eigenvalue weighted by Crippen LogP contribution is -2.53. The Kier molecular flexibility index (Phi) is 5.27. The maximum Gasteiger partial charge on any atom is 0.307 e. The highest BCUT2D eigenvalue weighted by Gasteiger charge is 2.44. The summed E-state index contributed by atoms with van der Waals surface area (Å²) in [4.78, 5) is 14.2. The lowest BCUT2D eigenvalue weighted by Gasteiger charge is -2.48. The Bertz CT molecular complexity index is 812. The highest BCUT2D eigenvalue weighted by atomic mass is 16.4. The van der Waals surface area contributed by atoms with Crippen molar-refractivity contribution in [1.82, 2.24) is 4.90 Å². The molecule has 1 aliphatic heterocycles. The number of carboxylic acids is 1. The number of carbonyl (C=O) groups is 1. The first-order chi connectivity index (χ1) is 13.7. The topological polar surface area (TPSA) is 40.5 Å². The Hall–Kier alpha value is -2.91. The highest BCUT2D eigenvalue weighted by molar-refractivity contribution is 5.70. The summed E-state index contributed by atoms with van der Waals surface area (Å²) in [5.74, 6) is -1.04. The minimum atomic E-state index is -0.701. The third kappa shape index (κ3) is 3.23. The first-order valence-corrected chi connectivity index (χ1v) is 9.87. The average molecular weight is 371 g/mol. The van der Waals surface area contributed by atoms with E-state index in [1.54, 1.807) is 0 Å². The first kappa shape index (κ1) is 18.5. The molecule has 1 atom stereocenters. The summed E-state index contributed by atoms with van der Waals surface area (Å²) in [5.41, 5.74) is 2.98. The van der Waals surface area contributed by atoms with Crippen LogP contribution in [-0.2, 0) is 10.3 Å². The maximum atomic E-state index is 11.8. The van der Waals surface area contributed by atoms with Crippen molar-refractivity contribution < 1.29 is 9.90 Å². The van der Waals surface area contributed by atoms with E-state index in [0.717, 1.165) is 19.4 Å². The minimum Gasteiger partial charge on any atom is -0.481 e. The van der Waals surface area contributed by atoms with Gasteiger partial charge in [0.2, 0.25) is 0 Å². The number of carboxylic acid groups (broad SMARTS) is 1. The molecule has 3 heteroatoms. The molecule has 4 rings (SSSR count). The Balaban J connectivity index is 1.97. The standard InChI is InChI=1S/C25H25NO2/c27-24(28)20-11-10-18-26(19-20)25(21-12-4-1-5-13-21,22-14-6-2-7-15-22)23-16-8-3-9-17-23/h1-9,12-17,20H,10-11,18-19H2,(H,27,28)/t20-/m1/s1. The van der Waals surface area contributed by atoms with Crippen LogP contribution >= 0.6 is 0 Å². The zero-order valence-electron chi connectivity index (χ0n) is 15.9. The van der Waals surface area contributed by atoms with Gasteiger partial charge in [-0.25, -0.2) is 0 Å². The molecule has 0 spiro atoms. The van der Waals surface area contributed by atoms with Crippen LogP contribution in [0.2, 0.25) is 0 Å². The Morgan fingerprint density at radius 1 is 0.786 bits per heavy atom. The Labute approximate surface area is 166 Å².